The highest BCUT2D eigenvalue weighted by Gasteiger charge is 2.25. The minimum atomic E-state index is -3.77. The Hall–Kier alpha value is -1.35. The molecule has 0 unspecified atom stereocenters. The van der Waals surface area contributed by atoms with E-state index < -0.39 is 15.8 Å². The zero-order valence-electron chi connectivity index (χ0n) is 11.7. The molecule has 1 heterocycles. The third-order valence-corrected chi connectivity index (χ3v) is 5.47. The summed E-state index contributed by atoms with van der Waals surface area (Å²) in [6, 6.07) is 3.79. The number of benzene rings is 1. The molecule has 2 rings (SSSR count). The molecular formula is C13H16FN3O2S2. The smallest absolute Gasteiger partial charge is 0.243 e. The molecule has 0 amide bonds. The van der Waals surface area contributed by atoms with Gasteiger partial charge in [0.05, 0.1) is 22.6 Å². The third-order valence-electron chi connectivity index (χ3n) is 2.95. The van der Waals surface area contributed by atoms with Crippen LogP contribution in [0.5, 0.6) is 0 Å². The first-order valence-electron chi connectivity index (χ1n) is 6.21. The molecular weight excluding hydrogens is 313 g/mol. The van der Waals surface area contributed by atoms with E-state index in [0.29, 0.717) is 17.8 Å². The van der Waals surface area contributed by atoms with Crippen molar-refractivity contribution in [3.05, 3.63) is 46.2 Å². The maximum Gasteiger partial charge on any atom is 0.243 e. The number of sulfonamides is 1. The lowest BCUT2D eigenvalue weighted by atomic mass is 10.2. The van der Waals surface area contributed by atoms with E-state index in [1.807, 2.05) is 0 Å². The molecule has 0 bridgehead atoms. The molecule has 0 saturated carbocycles. The average Bonchev–Trinajstić information content (AvgIpc) is 2.93. The zero-order chi connectivity index (χ0) is 15.5. The molecule has 0 aliphatic heterocycles. The van der Waals surface area contributed by atoms with Crippen molar-refractivity contribution in [2.75, 3.05) is 14.1 Å². The van der Waals surface area contributed by atoms with E-state index in [1.54, 1.807) is 17.9 Å². The highest BCUT2D eigenvalue weighted by atomic mass is 32.2. The summed E-state index contributed by atoms with van der Waals surface area (Å²) in [5, 5.41) is 4.67. The molecule has 0 aliphatic carbocycles. The summed E-state index contributed by atoms with van der Waals surface area (Å²) >= 11 is 1.40. The first-order chi connectivity index (χ1) is 9.95. The first kappa shape index (κ1) is 16.0. The predicted molar refractivity (Wildman–Crippen MR) is 79.9 cm³/mol. The van der Waals surface area contributed by atoms with E-state index in [0.717, 1.165) is 6.07 Å². The van der Waals surface area contributed by atoms with Gasteiger partial charge in [0.1, 0.15) is 5.82 Å². The van der Waals surface area contributed by atoms with Crippen LogP contribution in [0, 0.1) is 5.82 Å². The van der Waals surface area contributed by atoms with Crippen molar-refractivity contribution in [1.82, 2.24) is 14.6 Å². The molecule has 1 aromatic carbocycles. The fourth-order valence-electron chi connectivity index (χ4n) is 1.90. The highest BCUT2D eigenvalue weighted by Crippen LogP contribution is 2.22. The Kier molecular flexibility index (Phi) is 5.04. The van der Waals surface area contributed by atoms with Crippen LogP contribution in [-0.4, -0.2) is 31.8 Å². The maximum atomic E-state index is 13.4. The highest BCUT2D eigenvalue weighted by molar-refractivity contribution is 7.89. The van der Waals surface area contributed by atoms with E-state index in [4.69, 9.17) is 0 Å². The summed E-state index contributed by atoms with van der Waals surface area (Å²) in [5.41, 5.74) is 2.84. The van der Waals surface area contributed by atoms with Gasteiger partial charge in [0.25, 0.3) is 0 Å². The number of thiazole rings is 1. The molecule has 0 aliphatic rings. The lowest BCUT2D eigenvalue weighted by Crippen LogP contribution is -2.28. The summed E-state index contributed by atoms with van der Waals surface area (Å²) in [4.78, 5) is 4.05. The van der Waals surface area contributed by atoms with Crippen molar-refractivity contribution in [2.45, 2.75) is 18.0 Å². The lowest BCUT2D eigenvalue weighted by Gasteiger charge is -2.18. The molecule has 8 heteroatoms. The largest absolute Gasteiger partial charge is 0.316 e. The quantitative estimate of drug-likeness (QED) is 0.878. The summed E-state index contributed by atoms with van der Waals surface area (Å²) in [6.07, 6.45) is 0. The number of aromatic nitrogens is 1. The number of hydrogen-bond donors (Lipinski definition) is 1. The second-order valence-corrected chi connectivity index (χ2v) is 7.26. The Balaban J connectivity index is 2.36. The van der Waals surface area contributed by atoms with E-state index >= 15 is 0 Å². The van der Waals surface area contributed by atoms with Crippen LogP contribution in [0.25, 0.3) is 0 Å². The Morgan fingerprint density at radius 2 is 2.19 bits per heavy atom. The Morgan fingerprint density at radius 3 is 2.81 bits per heavy atom. The molecule has 0 fully saturated rings. The second-order valence-electron chi connectivity index (χ2n) is 4.52. The standard InChI is InChI=1S/C13H16FN3O2S2/c1-15-6-10-3-4-11(14)5-13(10)21(18,19)17(2)7-12-8-20-9-16-12/h3-5,8-9,15H,6-7H2,1-2H3. The van der Waals surface area contributed by atoms with Gasteiger partial charge < -0.3 is 5.32 Å². The molecule has 0 spiro atoms. The Labute approximate surface area is 127 Å². The van der Waals surface area contributed by atoms with Gasteiger partial charge in [-0.3, -0.25) is 0 Å². The topological polar surface area (TPSA) is 62.3 Å². The molecule has 21 heavy (non-hydrogen) atoms. The van der Waals surface area contributed by atoms with Crippen LogP contribution in [-0.2, 0) is 23.1 Å². The van der Waals surface area contributed by atoms with Crippen LogP contribution in [0.1, 0.15) is 11.3 Å². The van der Waals surface area contributed by atoms with Gasteiger partial charge in [0.15, 0.2) is 0 Å². The summed E-state index contributed by atoms with van der Waals surface area (Å²) < 4.78 is 39.8. The van der Waals surface area contributed by atoms with Crippen LogP contribution in [0.15, 0.2) is 34.0 Å². The molecule has 0 saturated heterocycles. The monoisotopic (exact) mass is 329 g/mol. The van der Waals surface area contributed by atoms with Gasteiger partial charge in [-0.1, -0.05) is 6.07 Å². The van der Waals surface area contributed by atoms with Crippen molar-refractivity contribution in [1.29, 1.82) is 0 Å². The summed E-state index contributed by atoms with van der Waals surface area (Å²) in [5.74, 6) is -0.574. The third kappa shape index (κ3) is 3.65. The molecule has 0 radical (unpaired) electrons. The molecule has 0 atom stereocenters. The fraction of sp³-hybridized carbons (Fsp3) is 0.308. The van der Waals surface area contributed by atoms with Crippen molar-refractivity contribution in [2.24, 2.45) is 0 Å². The average molecular weight is 329 g/mol. The SMILES string of the molecule is CNCc1ccc(F)cc1S(=O)(=O)N(C)Cc1cscn1. The van der Waals surface area contributed by atoms with E-state index in [-0.39, 0.29) is 11.4 Å². The van der Waals surface area contributed by atoms with Gasteiger partial charge in [0.2, 0.25) is 10.0 Å². The molecule has 2 aromatic rings. The second kappa shape index (κ2) is 6.61. The number of rotatable bonds is 6. The summed E-state index contributed by atoms with van der Waals surface area (Å²) in [7, 11) is -0.604. The van der Waals surface area contributed by atoms with Crippen LogP contribution in [0.2, 0.25) is 0 Å². The van der Waals surface area contributed by atoms with E-state index in [1.165, 1.54) is 34.8 Å². The van der Waals surface area contributed by atoms with Crippen LogP contribution < -0.4 is 5.32 Å². The van der Waals surface area contributed by atoms with Gasteiger partial charge in [-0.15, -0.1) is 11.3 Å². The van der Waals surface area contributed by atoms with Crippen molar-refractivity contribution in [3.8, 4) is 0 Å². The number of nitrogens with zero attached hydrogens (tertiary/aromatic N) is 2. The fourth-order valence-corrected chi connectivity index (χ4v) is 3.82. The van der Waals surface area contributed by atoms with Crippen LogP contribution in [0.3, 0.4) is 0 Å². The molecule has 114 valence electrons. The molecule has 1 N–H and O–H groups in total. The summed E-state index contributed by atoms with van der Waals surface area (Å²) in [6.45, 7) is 0.501. The maximum absolute atomic E-state index is 13.4. The van der Waals surface area contributed by atoms with Gasteiger partial charge in [-0.2, -0.15) is 4.31 Å². The lowest BCUT2D eigenvalue weighted by molar-refractivity contribution is 0.461. The zero-order valence-corrected chi connectivity index (χ0v) is 13.3. The van der Waals surface area contributed by atoms with Crippen molar-refractivity contribution in [3.63, 3.8) is 0 Å². The van der Waals surface area contributed by atoms with Gasteiger partial charge in [-0.25, -0.2) is 17.8 Å². The predicted octanol–water partition coefficient (Wildman–Crippen LogP) is 1.82. The van der Waals surface area contributed by atoms with Gasteiger partial charge in [-0.05, 0) is 24.7 Å². The van der Waals surface area contributed by atoms with Crippen molar-refractivity contribution >= 4 is 21.4 Å². The Bertz CT molecular complexity index is 702. The van der Waals surface area contributed by atoms with Crippen LogP contribution >= 0.6 is 11.3 Å². The minimum Gasteiger partial charge on any atom is -0.316 e. The number of halogens is 1. The van der Waals surface area contributed by atoms with E-state index in [2.05, 4.69) is 10.3 Å². The van der Waals surface area contributed by atoms with Crippen LogP contribution in [0.4, 0.5) is 4.39 Å². The van der Waals surface area contributed by atoms with E-state index in [9.17, 15) is 12.8 Å². The van der Waals surface area contributed by atoms with Gasteiger partial charge >= 0.3 is 0 Å². The molecule has 5 nitrogen and oxygen atoms in total. The van der Waals surface area contributed by atoms with Crippen molar-refractivity contribution < 1.29 is 12.8 Å². The number of nitrogens with one attached hydrogen (secondary N) is 1. The Morgan fingerprint density at radius 1 is 1.43 bits per heavy atom. The first-order valence-corrected chi connectivity index (χ1v) is 8.60. The minimum absolute atomic E-state index is 0.0189. The van der Waals surface area contributed by atoms with Gasteiger partial charge in [0, 0.05) is 19.0 Å². The normalized spacial score (nSPS) is 12.0. The number of hydrogen-bond acceptors (Lipinski definition) is 5. The molecule has 1 aromatic heterocycles.